The smallest absolute Gasteiger partial charge is 0.264 e. The number of aliphatic hydroxyl groups is 1. The lowest BCUT2D eigenvalue weighted by Crippen LogP contribution is -2.32. The van der Waals surface area contributed by atoms with E-state index in [0.717, 1.165) is 0 Å². The number of hydrogen-bond acceptors (Lipinski definition) is 5. The molecule has 1 unspecified atom stereocenters. The largest absolute Gasteiger partial charge is 0.501 e. The third-order valence-corrected chi connectivity index (χ3v) is 6.01. The second-order valence-corrected chi connectivity index (χ2v) is 8.19. The maximum atomic E-state index is 12.5. The van der Waals surface area contributed by atoms with Gasteiger partial charge >= 0.3 is 0 Å². The van der Waals surface area contributed by atoms with Crippen LogP contribution in [0, 0.1) is 0 Å². The van der Waals surface area contributed by atoms with Crippen LogP contribution in [0.4, 0.5) is 0 Å². The molecule has 1 aliphatic rings. The highest BCUT2D eigenvalue weighted by Crippen LogP contribution is 2.39. The van der Waals surface area contributed by atoms with Crippen LogP contribution >= 0.6 is 23.2 Å². The fourth-order valence-corrected chi connectivity index (χ4v) is 3.77. The van der Waals surface area contributed by atoms with Gasteiger partial charge in [0.15, 0.2) is 5.60 Å². The van der Waals surface area contributed by atoms with Crippen molar-refractivity contribution in [1.82, 2.24) is 4.72 Å². The van der Waals surface area contributed by atoms with Crippen LogP contribution in [0.5, 0.6) is 0 Å². The van der Waals surface area contributed by atoms with E-state index in [0.29, 0.717) is 5.56 Å². The SMILES string of the molecule is CC1(c2ccc(Cl)c(Cl)c2)OC(NS(=O)(=O)c2ccccc2)=C(O)C1=O. The number of halogens is 2. The summed E-state index contributed by atoms with van der Waals surface area (Å²) in [5, 5.41) is 10.6. The van der Waals surface area contributed by atoms with Crippen molar-refractivity contribution in [3.8, 4) is 0 Å². The van der Waals surface area contributed by atoms with Gasteiger partial charge in [0, 0.05) is 5.56 Å². The van der Waals surface area contributed by atoms with E-state index in [9.17, 15) is 18.3 Å². The minimum Gasteiger partial charge on any atom is -0.501 e. The first-order valence-electron chi connectivity index (χ1n) is 7.35. The van der Waals surface area contributed by atoms with E-state index in [1.54, 1.807) is 18.2 Å². The molecular formula is C17H13Cl2NO5S. The van der Waals surface area contributed by atoms with Gasteiger partial charge in [0.2, 0.25) is 11.6 Å². The summed E-state index contributed by atoms with van der Waals surface area (Å²) in [6.07, 6.45) is 0. The van der Waals surface area contributed by atoms with E-state index >= 15 is 0 Å². The van der Waals surface area contributed by atoms with Crippen LogP contribution in [0.3, 0.4) is 0 Å². The van der Waals surface area contributed by atoms with Gasteiger partial charge in [0.1, 0.15) is 0 Å². The maximum absolute atomic E-state index is 12.5. The second kappa shape index (κ2) is 6.50. The summed E-state index contributed by atoms with van der Waals surface area (Å²) >= 11 is 11.8. The van der Waals surface area contributed by atoms with Crippen molar-refractivity contribution >= 4 is 39.0 Å². The molecule has 0 spiro atoms. The van der Waals surface area contributed by atoms with Crippen molar-refractivity contribution in [3.05, 3.63) is 75.8 Å². The Balaban J connectivity index is 1.94. The third-order valence-electron chi connectivity index (χ3n) is 3.92. The number of rotatable bonds is 4. The average Bonchev–Trinajstić information content (AvgIpc) is 2.82. The van der Waals surface area contributed by atoms with E-state index < -0.39 is 33.0 Å². The van der Waals surface area contributed by atoms with Gasteiger partial charge in [0.05, 0.1) is 14.9 Å². The quantitative estimate of drug-likeness (QED) is 0.799. The summed E-state index contributed by atoms with van der Waals surface area (Å²) in [7, 11) is -4.04. The standard InChI is InChI=1S/C17H13Cl2NO5S/c1-17(10-7-8-12(18)13(19)9-10)15(22)14(21)16(25-17)20-26(23,24)11-5-3-2-4-6-11/h2-9,20-21H,1H3. The molecule has 0 saturated carbocycles. The minimum atomic E-state index is -4.04. The molecule has 6 nitrogen and oxygen atoms in total. The first-order chi connectivity index (χ1) is 12.1. The minimum absolute atomic E-state index is 0.0421. The zero-order valence-electron chi connectivity index (χ0n) is 13.4. The molecule has 2 aromatic rings. The zero-order chi connectivity index (χ0) is 19.1. The third kappa shape index (κ3) is 3.13. The van der Waals surface area contributed by atoms with Crippen LogP contribution in [-0.4, -0.2) is 19.3 Å². The number of ether oxygens (including phenoxy) is 1. The van der Waals surface area contributed by atoms with Crippen molar-refractivity contribution in [3.63, 3.8) is 0 Å². The predicted octanol–water partition coefficient (Wildman–Crippen LogP) is 3.51. The summed E-state index contributed by atoms with van der Waals surface area (Å²) in [5.74, 6) is -2.17. The van der Waals surface area contributed by atoms with Crippen molar-refractivity contribution in [2.24, 2.45) is 0 Å². The Morgan fingerprint density at radius 1 is 1.08 bits per heavy atom. The van der Waals surface area contributed by atoms with Crippen molar-refractivity contribution < 1.29 is 23.1 Å². The van der Waals surface area contributed by atoms with Crippen LogP contribution in [0.2, 0.25) is 10.0 Å². The number of Topliss-reactive ketones (excluding diaryl/α,β-unsaturated/α-hetero) is 1. The molecule has 0 aromatic heterocycles. The van der Waals surface area contributed by atoms with E-state index in [-0.39, 0.29) is 14.9 Å². The molecule has 1 aliphatic heterocycles. The van der Waals surface area contributed by atoms with Crippen LogP contribution in [0.1, 0.15) is 12.5 Å². The van der Waals surface area contributed by atoms with Gasteiger partial charge in [-0.25, -0.2) is 13.1 Å². The van der Waals surface area contributed by atoms with Gasteiger partial charge in [0.25, 0.3) is 15.8 Å². The van der Waals surface area contributed by atoms with Crippen LogP contribution < -0.4 is 4.72 Å². The molecule has 0 aliphatic carbocycles. The molecule has 3 rings (SSSR count). The van der Waals surface area contributed by atoms with Crippen molar-refractivity contribution in [2.75, 3.05) is 0 Å². The van der Waals surface area contributed by atoms with Crippen molar-refractivity contribution in [1.29, 1.82) is 0 Å². The molecule has 1 heterocycles. The molecule has 0 radical (unpaired) electrons. The number of hydrogen-bond donors (Lipinski definition) is 2. The molecule has 26 heavy (non-hydrogen) atoms. The van der Waals surface area contributed by atoms with Gasteiger partial charge in [-0.1, -0.05) is 47.5 Å². The number of benzene rings is 2. The summed E-state index contributed by atoms with van der Waals surface area (Å²) in [6.45, 7) is 1.40. The van der Waals surface area contributed by atoms with E-state index in [2.05, 4.69) is 4.72 Å². The predicted molar refractivity (Wildman–Crippen MR) is 96.3 cm³/mol. The number of aliphatic hydroxyl groups excluding tert-OH is 1. The second-order valence-electron chi connectivity index (χ2n) is 5.69. The monoisotopic (exact) mass is 413 g/mol. The first-order valence-corrected chi connectivity index (χ1v) is 9.59. The molecule has 2 aromatic carbocycles. The van der Waals surface area contributed by atoms with Crippen molar-refractivity contribution in [2.45, 2.75) is 17.4 Å². The molecule has 136 valence electrons. The fraction of sp³-hybridized carbons (Fsp3) is 0.118. The van der Waals surface area contributed by atoms with Gasteiger partial charge < -0.3 is 9.84 Å². The van der Waals surface area contributed by atoms with E-state index in [1.165, 1.54) is 37.3 Å². The molecule has 9 heteroatoms. The maximum Gasteiger partial charge on any atom is 0.264 e. The number of sulfonamides is 1. The first kappa shape index (κ1) is 18.6. The lowest BCUT2D eigenvalue weighted by atomic mass is 9.92. The van der Waals surface area contributed by atoms with E-state index in [1.807, 2.05) is 0 Å². The lowest BCUT2D eigenvalue weighted by molar-refractivity contribution is -0.131. The molecule has 0 fully saturated rings. The number of ketones is 1. The highest BCUT2D eigenvalue weighted by atomic mass is 35.5. The highest BCUT2D eigenvalue weighted by molar-refractivity contribution is 7.89. The summed E-state index contributed by atoms with van der Waals surface area (Å²) < 4.78 is 32.4. The highest BCUT2D eigenvalue weighted by Gasteiger charge is 2.49. The molecular weight excluding hydrogens is 401 g/mol. The number of nitrogens with one attached hydrogen (secondary N) is 1. The molecule has 0 amide bonds. The van der Waals surface area contributed by atoms with Gasteiger partial charge in [-0.15, -0.1) is 0 Å². The van der Waals surface area contributed by atoms with Gasteiger partial charge in [-0.05, 0) is 31.2 Å². The van der Waals surface area contributed by atoms with Crippen LogP contribution in [-0.2, 0) is 25.2 Å². The summed E-state index contributed by atoms with van der Waals surface area (Å²) in [5.41, 5.74) is -1.33. The fourth-order valence-electron chi connectivity index (χ4n) is 2.46. The average molecular weight is 414 g/mol. The van der Waals surface area contributed by atoms with E-state index in [4.69, 9.17) is 27.9 Å². The molecule has 0 saturated heterocycles. The van der Waals surface area contributed by atoms with Crippen LogP contribution in [0.25, 0.3) is 0 Å². The topological polar surface area (TPSA) is 92.7 Å². The summed E-state index contributed by atoms with van der Waals surface area (Å²) in [4.78, 5) is 12.5. The Morgan fingerprint density at radius 2 is 1.73 bits per heavy atom. The Morgan fingerprint density at radius 3 is 2.35 bits per heavy atom. The lowest BCUT2D eigenvalue weighted by Gasteiger charge is -2.24. The summed E-state index contributed by atoms with van der Waals surface area (Å²) in [6, 6.07) is 11.9. The van der Waals surface area contributed by atoms with Gasteiger partial charge in [-0.2, -0.15) is 0 Å². The molecule has 0 bridgehead atoms. The zero-order valence-corrected chi connectivity index (χ0v) is 15.7. The Bertz CT molecular complexity index is 1020. The molecule has 2 N–H and O–H groups in total. The van der Waals surface area contributed by atoms with Crippen LogP contribution in [0.15, 0.2) is 65.1 Å². The Hall–Kier alpha value is -2.22. The molecule has 1 atom stereocenters. The Kier molecular flexibility index (Phi) is 4.64. The normalized spacial score (nSPS) is 20.2. The van der Waals surface area contributed by atoms with Gasteiger partial charge in [-0.3, -0.25) is 4.79 Å². The Labute approximate surface area is 160 Å². The number of carbonyl (C=O) groups is 1. The number of carbonyl (C=O) groups excluding carboxylic acids is 1.